The summed E-state index contributed by atoms with van der Waals surface area (Å²) in [6.07, 6.45) is -0.199. The van der Waals surface area contributed by atoms with E-state index in [1.54, 1.807) is 31.2 Å². The van der Waals surface area contributed by atoms with Crippen molar-refractivity contribution in [3.8, 4) is 11.5 Å². The van der Waals surface area contributed by atoms with E-state index >= 15 is 0 Å². The van der Waals surface area contributed by atoms with Gasteiger partial charge in [-0.3, -0.25) is 9.19 Å². The summed E-state index contributed by atoms with van der Waals surface area (Å²) < 4.78 is 52.4. The maximum absolute atomic E-state index is 13.3. The van der Waals surface area contributed by atoms with Gasteiger partial charge in [-0.05, 0) is 30.3 Å². The summed E-state index contributed by atoms with van der Waals surface area (Å²) in [5.41, 5.74) is 6.00. The lowest BCUT2D eigenvalue weighted by Gasteiger charge is -2.12. The number of hydrogen-bond acceptors (Lipinski definition) is 9. The predicted molar refractivity (Wildman–Crippen MR) is 130 cm³/mol. The van der Waals surface area contributed by atoms with Crippen molar-refractivity contribution < 1.29 is 17.4 Å². The first-order valence-corrected chi connectivity index (χ1v) is 11.9. The maximum atomic E-state index is 13.3. The highest BCUT2D eigenvalue weighted by Gasteiger charge is 2.31. The highest BCUT2D eigenvalue weighted by molar-refractivity contribution is 7.85. The first kappa shape index (κ1) is 24.9. The number of halogens is 3. The van der Waals surface area contributed by atoms with Gasteiger partial charge in [-0.1, -0.05) is 25.1 Å². The van der Waals surface area contributed by atoms with Gasteiger partial charge in [0.15, 0.2) is 23.1 Å². The zero-order valence-electron chi connectivity index (χ0n) is 18.8. The van der Waals surface area contributed by atoms with Gasteiger partial charge in [-0.25, -0.2) is 15.0 Å². The monoisotopic (exact) mass is 512 g/mol. The smallest absolute Gasteiger partial charge is 0.382 e. The molecule has 2 heterocycles. The third-order valence-electron chi connectivity index (χ3n) is 4.79. The Morgan fingerprint density at radius 1 is 1.06 bits per heavy atom. The van der Waals surface area contributed by atoms with Gasteiger partial charge < -0.3 is 11.1 Å². The van der Waals surface area contributed by atoms with Crippen molar-refractivity contribution >= 4 is 39.5 Å². The first-order chi connectivity index (χ1) is 17.3. The zero-order chi connectivity index (χ0) is 25.7. The minimum Gasteiger partial charge on any atom is -0.382 e. The average molecular weight is 513 g/mol. The molecule has 0 aliphatic carbocycles. The van der Waals surface area contributed by atoms with Gasteiger partial charge >= 0.3 is 6.18 Å². The lowest BCUT2D eigenvalue weighted by Crippen LogP contribution is -2.05. The van der Waals surface area contributed by atoms with E-state index in [-0.39, 0.29) is 39.5 Å². The van der Waals surface area contributed by atoms with Crippen LogP contribution >= 0.6 is 0 Å². The molecule has 13 heteroatoms. The van der Waals surface area contributed by atoms with E-state index in [2.05, 4.69) is 35.5 Å². The van der Waals surface area contributed by atoms with E-state index in [0.717, 1.165) is 18.2 Å². The summed E-state index contributed by atoms with van der Waals surface area (Å²) in [4.78, 5) is 16.9. The Labute approximate surface area is 206 Å². The fourth-order valence-corrected chi connectivity index (χ4v) is 3.93. The fourth-order valence-electron chi connectivity index (χ4n) is 3.07. The Hall–Kier alpha value is -4.26. The molecule has 0 bridgehead atoms. The van der Waals surface area contributed by atoms with Gasteiger partial charge in [-0.15, -0.1) is 10.2 Å². The number of anilines is 3. The number of alkyl halides is 3. The highest BCUT2D eigenvalue weighted by Crippen LogP contribution is 2.37. The molecule has 0 aliphatic rings. The second kappa shape index (κ2) is 10.6. The van der Waals surface area contributed by atoms with Crippen LogP contribution in [0.5, 0.6) is 0 Å². The van der Waals surface area contributed by atoms with Crippen LogP contribution in [-0.2, 0) is 17.0 Å². The Kier molecular flexibility index (Phi) is 7.29. The van der Waals surface area contributed by atoms with Gasteiger partial charge in [0.1, 0.15) is 11.4 Å². The number of aromatic nitrogens is 4. The molecule has 1 atom stereocenters. The van der Waals surface area contributed by atoms with E-state index in [9.17, 15) is 17.4 Å². The van der Waals surface area contributed by atoms with Crippen molar-refractivity contribution in [3.63, 3.8) is 0 Å². The minimum absolute atomic E-state index is 0.0165. The van der Waals surface area contributed by atoms with Gasteiger partial charge in [0.2, 0.25) is 0 Å². The molecule has 0 saturated heterocycles. The summed E-state index contributed by atoms with van der Waals surface area (Å²) in [5, 5.41) is 11.1. The van der Waals surface area contributed by atoms with Crippen molar-refractivity contribution in [2.75, 3.05) is 16.8 Å². The maximum Gasteiger partial charge on any atom is 0.416 e. The average Bonchev–Trinajstić information content (AvgIpc) is 2.88. The Morgan fingerprint density at radius 2 is 1.83 bits per heavy atom. The minimum atomic E-state index is -4.61. The Balaban J connectivity index is 1.83. The number of hydrogen-bond donors (Lipinski definition) is 2. The molecular formula is C23H19F3N8OS. The molecule has 1 unspecified atom stereocenters. The number of benzene rings is 2. The second-order valence-electron chi connectivity index (χ2n) is 7.23. The summed E-state index contributed by atoms with van der Waals surface area (Å²) in [5.74, 6) is 0.387. The zero-order valence-corrected chi connectivity index (χ0v) is 19.6. The van der Waals surface area contributed by atoms with Crippen molar-refractivity contribution in [2.45, 2.75) is 18.0 Å². The fraction of sp³-hybridized carbons (Fsp3) is 0.130. The number of nitrogens with one attached hydrogen (secondary N) is 1. The molecule has 36 heavy (non-hydrogen) atoms. The standard InChI is InChI=1S/C23H19F3N8OS/c1-2-36(35)18-9-8-14(23(24,25)26)12-16(18)33-34-19-20(27)31-21(17-13-28-10-11-29-17)32-22(19)30-15-6-4-3-5-7-15/h3-13H,2H2,1H3,(H3,27,30,31,32). The van der Waals surface area contributed by atoms with Crippen LogP contribution < -0.4 is 11.1 Å². The van der Waals surface area contributed by atoms with Crippen molar-refractivity contribution in [3.05, 3.63) is 72.7 Å². The van der Waals surface area contributed by atoms with Crippen LogP contribution in [0, 0.1) is 0 Å². The largest absolute Gasteiger partial charge is 0.416 e. The molecule has 0 aliphatic heterocycles. The first-order valence-electron chi connectivity index (χ1n) is 10.5. The third-order valence-corrected chi connectivity index (χ3v) is 6.15. The van der Waals surface area contributed by atoms with E-state index in [0.29, 0.717) is 11.4 Å². The van der Waals surface area contributed by atoms with Gasteiger partial charge in [0.25, 0.3) is 0 Å². The van der Waals surface area contributed by atoms with Crippen LogP contribution in [0.4, 0.5) is 41.9 Å². The normalized spacial score (nSPS) is 12.6. The van der Waals surface area contributed by atoms with Crippen molar-refractivity contribution in [1.29, 1.82) is 0 Å². The molecule has 4 aromatic rings. The van der Waals surface area contributed by atoms with Crippen LogP contribution in [0.25, 0.3) is 11.5 Å². The van der Waals surface area contributed by atoms with Crippen LogP contribution in [0.3, 0.4) is 0 Å². The Morgan fingerprint density at radius 3 is 2.50 bits per heavy atom. The lowest BCUT2D eigenvalue weighted by atomic mass is 10.2. The van der Waals surface area contributed by atoms with E-state index in [4.69, 9.17) is 5.73 Å². The third kappa shape index (κ3) is 5.68. The van der Waals surface area contributed by atoms with Gasteiger partial charge in [-0.2, -0.15) is 13.2 Å². The SMILES string of the molecule is CCS(=O)c1ccc(C(F)(F)F)cc1N=Nc1c(N)nc(-c2cnccn2)nc1Nc1ccccc1. The topological polar surface area (TPSA) is 131 Å². The molecule has 0 amide bonds. The second-order valence-corrected chi connectivity index (χ2v) is 8.93. The molecule has 2 aromatic carbocycles. The molecule has 0 saturated carbocycles. The van der Waals surface area contributed by atoms with Crippen LogP contribution in [0.15, 0.2) is 82.2 Å². The molecule has 0 spiro atoms. The molecule has 3 N–H and O–H groups in total. The number of nitrogen functional groups attached to an aromatic ring is 1. The molecule has 9 nitrogen and oxygen atoms in total. The molecular weight excluding hydrogens is 493 g/mol. The number of nitrogens with two attached hydrogens (primary N) is 1. The number of nitrogens with zero attached hydrogens (tertiary/aromatic N) is 6. The van der Waals surface area contributed by atoms with Gasteiger partial charge in [0.05, 0.1) is 27.5 Å². The number of para-hydroxylation sites is 1. The van der Waals surface area contributed by atoms with Gasteiger partial charge in [0, 0.05) is 23.8 Å². The molecule has 2 aromatic heterocycles. The van der Waals surface area contributed by atoms with Crippen LogP contribution in [-0.4, -0.2) is 29.9 Å². The Bertz CT molecular complexity index is 1420. The number of azo groups is 1. The van der Waals surface area contributed by atoms with E-state index in [1.165, 1.54) is 18.6 Å². The van der Waals surface area contributed by atoms with Crippen LogP contribution in [0.2, 0.25) is 0 Å². The van der Waals surface area contributed by atoms with Crippen molar-refractivity contribution in [2.24, 2.45) is 10.2 Å². The molecule has 184 valence electrons. The molecule has 4 rings (SSSR count). The summed E-state index contributed by atoms with van der Waals surface area (Å²) >= 11 is 0. The highest BCUT2D eigenvalue weighted by atomic mass is 32.2. The number of rotatable bonds is 7. The van der Waals surface area contributed by atoms with Crippen LogP contribution in [0.1, 0.15) is 12.5 Å². The predicted octanol–water partition coefficient (Wildman–Crippen LogP) is 5.82. The molecule has 0 radical (unpaired) electrons. The van der Waals surface area contributed by atoms with Crippen molar-refractivity contribution in [1.82, 2.24) is 19.9 Å². The molecule has 0 fully saturated rings. The summed E-state index contributed by atoms with van der Waals surface area (Å²) in [6.45, 7) is 1.65. The summed E-state index contributed by atoms with van der Waals surface area (Å²) in [7, 11) is -1.58. The quantitative estimate of drug-likeness (QED) is 0.298. The van der Waals surface area contributed by atoms with E-state index in [1.807, 2.05) is 6.07 Å². The summed E-state index contributed by atoms with van der Waals surface area (Å²) in [6, 6.07) is 11.8. The lowest BCUT2D eigenvalue weighted by molar-refractivity contribution is -0.137. The van der Waals surface area contributed by atoms with E-state index < -0.39 is 22.5 Å².